The predicted molar refractivity (Wildman–Crippen MR) is 37.9 cm³/mol. The van der Waals surface area contributed by atoms with Gasteiger partial charge in [0.15, 0.2) is 5.82 Å². The molecule has 47 valence electrons. The van der Waals surface area contributed by atoms with E-state index in [1.54, 1.807) is 6.07 Å². The van der Waals surface area contributed by atoms with Gasteiger partial charge in [0.1, 0.15) is 0 Å². The van der Waals surface area contributed by atoms with Crippen LogP contribution in [0.2, 0.25) is 5.02 Å². The van der Waals surface area contributed by atoms with Gasteiger partial charge in [-0.05, 0) is 22.0 Å². The van der Waals surface area contributed by atoms with Crippen molar-refractivity contribution in [1.29, 1.82) is 0 Å². The van der Waals surface area contributed by atoms with Crippen molar-refractivity contribution < 1.29 is 4.39 Å². The Balaban J connectivity index is 3.25. The van der Waals surface area contributed by atoms with E-state index in [1.165, 1.54) is 6.07 Å². The van der Waals surface area contributed by atoms with Crippen molar-refractivity contribution in [2.24, 2.45) is 0 Å². The van der Waals surface area contributed by atoms with Crippen molar-refractivity contribution in [1.82, 2.24) is 0 Å². The molecule has 0 N–H and O–H groups in total. The molecule has 0 unspecified atom stereocenters. The summed E-state index contributed by atoms with van der Waals surface area (Å²) in [6, 6.07) is 5.59. The molecule has 0 saturated carbocycles. The lowest BCUT2D eigenvalue weighted by Gasteiger charge is -1.92. The monoisotopic (exact) mass is 207 g/mol. The molecule has 3 heteroatoms. The maximum absolute atomic E-state index is 12.5. The molecule has 0 aromatic heterocycles. The summed E-state index contributed by atoms with van der Waals surface area (Å²) in [7, 11) is 0. The lowest BCUT2D eigenvalue weighted by atomic mass is 10.3. The molecule has 0 saturated heterocycles. The fourth-order valence-electron chi connectivity index (χ4n) is 0.429. The number of rotatable bonds is 0. The van der Waals surface area contributed by atoms with Crippen LogP contribution in [0.5, 0.6) is 0 Å². The summed E-state index contributed by atoms with van der Waals surface area (Å²) in [5, 5.41) is 0.112. The van der Waals surface area contributed by atoms with Crippen LogP contribution in [-0.4, -0.2) is 0 Å². The van der Waals surface area contributed by atoms with E-state index in [4.69, 9.17) is 11.6 Å². The molecular weight excluding hydrogens is 206 g/mol. The summed E-state index contributed by atoms with van der Waals surface area (Å²) in [6.45, 7) is 0. The van der Waals surface area contributed by atoms with Crippen LogP contribution >= 0.6 is 27.5 Å². The second-order valence-corrected chi connectivity index (χ2v) is 2.65. The van der Waals surface area contributed by atoms with Crippen LogP contribution in [0.15, 0.2) is 16.6 Å². The highest BCUT2D eigenvalue weighted by Gasteiger charge is 2.00. The summed E-state index contributed by atoms with van der Waals surface area (Å²) < 4.78 is 12.8. The molecule has 1 radical (unpaired) electrons. The highest BCUT2D eigenvalue weighted by molar-refractivity contribution is 9.10. The average molecular weight is 208 g/mol. The van der Waals surface area contributed by atoms with Gasteiger partial charge < -0.3 is 0 Å². The highest BCUT2D eigenvalue weighted by atomic mass is 79.9. The molecule has 0 atom stereocenters. The first-order valence-corrected chi connectivity index (χ1v) is 3.40. The minimum absolute atomic E-state index is 0.112. The van der Waals surface area contributed by atoms with Gasteiger partial charge in [0.05, 0.1) is 9.50 Å². The molecule has 0 fully saturated rings. The molecule has 0 aliphatic carbocycles. The zero-order valence-electron chi connectivity index (χ0n) is 4.29. The molecule has 0 bridgehead atoms. The molecule has 1 rings (SSSR count). The summed E-state index contributed by atoms with van der Waals surface area (Å²) in [5.41, 5.74) is 0. The van der Waals surface area contributed by atoms with Gasteiger partial charge in [-0.15, -0.1) is 0 Å². The molecule has 0 amide bonds. The molecule has 9 heavy (non-hydrogen) atoms. The van der Waals surface area contributed by atoms with Crippen molar-refractivity contribution in [3.8, 4) is 0 Å². The number of hydrogen-bond acceptors (Lipinski definition) is 0. The van der Waals surface area contributed by atoms with Gasteiger partial charge in [-0.3, -0.25) is 0 Å². The zero-order valence-corrected chi connectivity index (χ0v) is 6.63. The Morgan fingerprint density at radius 3 is 2.78 bits per heavy atom. The van der Waals surface area contributed by atoms with E-state index >= 15 is 0 Å². The first-order chi connectivity index (χ1) is 4.22. The maximum atomic E-state index is 12.5. The van der Waals surface area contributed by atoms with E-state index in [-0.39, 0.29) is 9.50 Å². The van der Waals surface area contributed by atoms with Crippen molar-refractivity contribution >= 4 is 27.5 Å². The lowest BCUT2D eigenvalue weighted by molar-refractivity contribution is 0.621. The van der Waals surface area contributed by atoms with Crippen molar-refractivity contribution in [2.75, 3.05) is 0 Å². The van der Waals surface area contributed by atoms with Crippen LogP contribution in [0.3, 0.4) is 0 Å². The molecule has 1 aromatic carbocycles. The third-order valence-electron chi connectivity index (χ3n) is 0.842. The topological polar surface area (TPSA) is 0 Å². The van der Waals surface area contributed by atoms with Crippen LogP contribution in [0.4, 0.5) is 4.39 Å². The lowest BCUT2D eigenvalue weighted by Crippen LogP contribution is -1.76. The standard InChI is InChI=1S/C6H2BrClF/c7-4-2-1-3-5(8)6(4)9/h1,3H. The number of halogens is 3. The van der Waals surface area contributed by atoms with E-state index < -0.39 is 5.82 Å². The molecule has 1 aromatic rings. The maximum Gasteiger partial charge on any atom is 0.156 e. The fourth-order valence-corrected chi connectivity index (χ4v) is 1.05. The number of benzene rings is 1. The van der Waals surface area contributed by atoms with Crippen LogP contribution in [0, 0.1) is 11.9 Å². The van der Waals surface area contributed by atoms with Gasteiger partial charge in [0, 0.05) is 6.07 Å². The minimum Gasteiger partial charge on any atom is -0.204 e. The Hall–Kier alpha value is -0.0800. The second-order valence-electron chi connectivity index (χ2n) is 1.45. The Bertz CT molecular complexity index is 204. The summed E-state index contributed by atoms with van der Waals surface area (Å²) in [5.74, 6) is -0.459. The van der Waals surface area contributed by atoms with Crippen molar-refractivity contribution in [2.45, 2.75) is 0 Å². The van der Waals surface area contributed by atoms with E-state index in [1.807, 2.05) is 0 Å². The van der Waals surface area contributed by atoms with Crippen LogP contribution in [0.25, 0.3) is 0 Å². The van der Waals surface area contributed by atoms with E-state index in [2.05, 4.69) is 22.0 Å². The quantitative estimate of drug-likeness (QED) is 0.575. The highest BCUT2D eigenvalue weighted by Crippen LogP contribution is 2.21. The Morgan fingerprint density at radius 1 is 1.67 bits per heavy atom. The van der Waals surface area contributed by atoms with E-state index in [9.17, 15) is 4.39 Å². The van der Waals surface area contributed by atoms with Crippen molar-refractivity contribution in [3.05, 3.63) is 33.5 Å². The largest absolute Gasteiger partial charge is 0.204 e. The Kier molecular flexibility index (Phi) is 2.09. The smallest absolute Gasteiger partial charge is 0.156 e. The summed E-state index contributed by atoms with van der Waals surface area (Å²) in [6.07, 6.45) is 0. The van der Waals surface area contributed by atoms with Crippen LogP contribution in [-0.2, 0) is 0 Å². The van der Waals surface area contributed by atoms with Crippen LogP contribution in [0.1, 0.15) is 0 Å². The van der Waals surface area contributed by atoms with Gasteiger partial charge in [-0.25, -0.2) is 4.39 Å². The van der Waals surface area contributed by atoms with Gasteiger partial charge in [-0.2, -0.15) is 0 Å². The first kappa shape index (κ1) is 7.03. The predicted octanol–water partition coefficient (Wildman–Crippen LogP) is 3.04. The van der Waals surface area contributed by atoms with E-state index in [0.29, 0.717) is 0 Å². The summed E-state index contributed by atoms with van der Waals surface area (Å²) >= 11 is 8.32. The van der Waals surface area contributed by atoms with E-state index in [0.717, 1.165) is 0 Å². The summed E-state index contributed by atoms with van der Waals surface area (Å²) in [4.78, 5) is 0. The zero-order chi connectivity index (χ0) is 6.85. The molecule has 0 aliphatic rings. The van der Waals surface area contributed by atoms with Crippen LogP contribution < -0.4 is 0 Å². The Labute approximate surface area is 65.8 Å². The second kappa shape index (κ2) is 2.67. The Morgan fingerprint density at radius 2 is 2.33 bits per heavy atom. The molecule has 0 heterocycles. The third-order valence-corrected chi connectivity index (χ3v) is 1.71. The molecule has 0 spiro atoms. The molecule has 0 nitrogen and oxygen atoms in total. The number of hydrogen-bond donors (Lipinski definition) is 0. The SMILES string of the molecule is Fc1c(Br)[c]ccc1Cl. The minimum atomic E-state index is -0.459. The molecule has 0 aliphatic heterocycles. The normalized spacial score (nSPS) is 9.67. The van der Waals surface area contributed by atoms with Crippen molar-refractivity contribution in [3.63, 3.8) is 0 Å². The van der Waals surface area contributed by atoms with Gasteiger partial charge in [-0.1, -0.05) is 17.7 Å². The first-order valence-electron chi connectivity index (χ1n) is 2.23. The average Bonchev–Trinajstić information content (AvgIpc) is 1.83. The van der Waals surface area contributed by atoms with Gasteiger partial charge in [0.2, 0.25) is 0 Å². The third kappa shape index (κ3) is 1.43. The van der Waals surface area contributed by atoms with Gasteiger partial charge in [0.25, 0.3) is 0 Å². The fraction of sp³-hybridized carbons (Fsp3) is 0. The molecular formula is C6H2BrClF. The van der Waals surface area contributed by atoms with Gasteiger partial charge >= 0.3 is 0 Å².